The Morgan fingerprint density at radius 1 is 1.29 bits per heavy atom. The zero-order valence-electron chi connectivity index (χ0n) is 10.5. The molecule has 1 aromatic rings. The first-order valence-electron chi connectivity index (χ1n) is 6.27. The summed E-state index contributed by atoms with van der Waals surface area (Å²) >= 11 is 0. The summed E-state index contributed by atoms with van der Waals surface area (Å²) in [5.74, 6) is 0.714. The number of halogens is 1. The van der Waals surface area contributed by atoms with Crippen molar-refractivity contribution in [3.63, 3.8) is 0 Å². The molecule has 0 saturated carbocycles. The van der Waals surface area contributed by atoms with E-state index in [1.807, 2.05) is 0 Å². The smallest absolute Gasteiger partial charge is 0.00707 e. The normalized spacial score (nSPS) is 24.6. The molecule has 2 atom stereocenters. The molecule has 1 aromatic carbocycles. The third-order valence-electron chi connectivity index (χ3n) is 3.65. The highest BCUT2D eigenvalue weighted by atomic mass is 35.5. The van der Waals surface area contributed by atoms with Crippen LogP contribution in [0.3, 0.4) is 0 Å². The van der Waals surface area contributed by atoms with Crippen molar-refractivity contribution < 1.29 is 0 Å². The summed E-state index contributed by atoms with van der Waals surface area (Å²) in [7, 11) is 0. The minimum atomic E-state index is 0. The second-order valence-electron chi connectivity index (χ2n) is 4.92. The Balaban J connectivity index is 0.00000144. The fraction of sp³-hybridized carbons (Fsp3) is 0.571. The molecule has 0 bridgehead atoms. The minimum absolute atomic E-state index is 0. The van der Waals surface area contributed by atoms with Gasteiger partial charge >= 0.3 is 0 Å². The Morgan fingerprint density at radius 3 is 2.59 bits per heavy atom. The Kier molecular flexibility index (Phi) is 5.96. The molecule has 1 aliphatic heterocycles. The molecule has 17 heavy (non-hydrogen) atoms. The largest absolute Gasteiger partial charge is 0.330 e. The van der Waals surface area contributed by atoms with Crippen LogP contribution in [0, 0.1) is 5.92 Å². The van der Waals surface area contributed by atoms with Crippen LogP contribution < -0.4 is 5.73 Å². The van der Waals surface area contributed by atoms with Crippen LogP contribution in [0.4, 0.5) is 0 Å². The van der Waals surface area contributed by atoms with Crippen molar-refractivity contribution in [1.82, 2.24) is 4.90 Å². The highest BCUT2D eigenvalue weighted by Gasteiger charge is 2.27. The van der Waals surface area contributed by atoms with Gasteiger partial charge in [-0.2, -0.15) is 0 Å². The lowest BCUT2D eigenvalue weighted by Gasteiger charge is -2.20. The third kappa shape index (κ3) is 3.98. The number of nitrogens with zero attached hydrogens (tertiary/aromatic N) is 1. The van der Waals surface area contributed by atoms with E-state index in [4.69, 9.17) is 5.73 Å². The van der Waals surface area contributed by atoms with Gasteiger partial charge in [-0.15, -0.1) is 12.4 Å². The van der Waals surface area contributed by atoms with E-state index in [1.54, 1.807) is 0 Å². The number of rotatable bonds is 4. The average molecular weight is 255 g/mol. The van der Waals surface area contributed by atoms with Crippen molar-refractivity contribution in [2.45, 2.75) is 25.8 Å². The standard InChI is InChI=1S/C14H22N2.ClH/c1-12-9-14(10-15)11-16(12)8-7-13-5-3-2-4-6-13;/h2-6,12,14H,7-11,15H2,1H3;1H. The van der Waals surface area contributed by atoms with Gasteiger partial charge in [0.1, 0.15) is 0 Å². The van der Waals surface area contributed by atoms with Crippen LogP contribution in [-0.2, 0) is 6.42 Å². The van der Waals surface area contributed by atoms with Crippen LogP contribution in [0.5, 0.6) is 0 Å². The number of hydrogen-bond acceptors (Lipinski definition) is 2. The lowest BCUT2D eigenvalue weighted by molar-refractivity contribution is 0.268. The van der Waals surface area contributed by atoms with Crippen LogP contribution in [0.1, 0.15) is 18.9 Å². The summed E-state index contributed by atoms with van der Waals surface area (Å²) in [6.07, 6.45) is 2.42. The second kappa shape index (κ2) is 7.00. The summed E-state index contributed by atoms with van der Waals surface area (Å²) in [5.41, 5.74) is 7.17. The SMILES string of the molecule is CC1CC(CN)CN1CCc1ccccc1.Cl. The lowest BCUT2D eigenvalue weighted by Crippen LogP contribution is -2.30. The summed E-state index contributed by atoms with van der Waals surface area (Å²) in [6.45, 7) is 5.51. The van der Waals surface area contributed by atoms with E-state index in [0.717, 1.165) is 13.0 Å². The predicted molar refractivity (Wildman–Crippen MR) is 75.6 cm³/mol. The van der Waals surface area contributed by atoms with Crippen molar-refractivity contribution in [3.8, 4) is 0 Å². The van der Waals surface area contributed by atoms with Crippen molar-refractivity contribution >= 4 is 12.4 Å². The quantitative estimate of drug-likeness (QED) is 0.894. The van der Waals surface area contributed by atoms with Gasteiger partial charge in [-0.25, -0.2) is 0 Å². The van der Waals surface area contributed by atoms with E-state index < -0.39 is 0 Å². The predicted octanol–water partition coefficient (Wildman–Crippen LogP) is 2.32. The van der Waals surface area contributed by atoms with E-state index in [0.29, 0.717) is 12.0 Å². The Bertz CT molecular complexity index is 315. The number of hydrogen-bond donors (Lipinski definition) is 1. The molecule has 1 fully saturated rings. The number of nitrogens with two attached hydrogens (primary N) is 1. The van der Waals surface area contributed by atoms with E-state index in [-0.39, 0.29) is 12.4 Å². The van der Waals surface area contributed by atoms with Crippen LogP contribution in [0.2, 0.25) is 0 Å². The minimum Gasteiger partial charge on any atom is -0.330 e. The Labute approximate surface area is 111 Å². The molecule has 2 nitrogen and oxygen atoms in total. The fourth-order valence-electron chi connectivity index (χ4n) is 2.62. The van der Waals surface area contributed by atoms with Gasteiger partial charge in [0.05, 0.1) is 0 Å². The molecule has 2 unspecified atom stereocenters. The van der Waals surface area contributed by atoms with Gasteiger partial charge in [0.25, 0.3) is 0 Å². The first kappa shape index (κ1) is 14.5. The Morgan fingerprint density at radius 2 is 2.00 bits per heavy atom. The maximum Gasteiger partial charge on any atom is 0.00707 e. The van der Waals surface area contributed by atoms with Gasteiger partial charge in [0.2, 0.25) is 0 Å². The van der Waals surface area contributed by atoms with Crippen LogP contribution in [-0.4, -0.2) is 30.6 Å². The molecule has 0 radical (unpaired) electrons. The average Bonchev–Trinajstić information content (AvgIpc) is 2.69. The van der Waals surface area contributed by atoms with Crippen LogP contribution >= 0.6 is 12.4 Å². The van der Waals surface area contributed by atoms with Crippen LogP contribution in [0.15, 0.2) is 30.3 Å². The van der Waals surface area contributed by atoms with Gasteiger partial charge in [-0.1, -0.05) is 30.3 Å². The van der Waals surface area contributed by atoms with Gasteiger partial charge in [-0.05, 0) is 37.8 Å². The molecule has 0 spiro atoms. The molecule has 0 amide bonds. The zero-order chi connectivity index (χ0) is 11.4. The van der Waals surface area contributed by atoms with Crippen molar-refractivity contribution in [3.05, 3.63) is 35.9 Å². The molecule has 3 heteroatoms. The van der Waals surface area contributed by atoms with E-state index >= 15 is 0 Å². The van der Waals surface area contributed by atoms with E-state index in [2.05, 4.69) is 42.2 Å². The number of benzene rings is 1. The highest BCUT2D eigenvalue weighted by Crippen LogP contribution is 2.22. The van der Waals surface area contributed by atoms with Crippen molar-refractivity contribution in [2.75, 3.05) is 19.6 Å². The molecule has 0 aromatic heterocycles. The molecule has 1 heterocycles. The van der Waals surface area contributed by atoms with Crippen LogP contribution in [0.25, 0.3) is 0 Å². The van der Waals surface area contributed by atoms with Gasteiger partial charge in [-0.3, -0.25) is 4.90 Å². The highest BCUT2D eigenvalue weighted by molar-refractivity contribution is 5.85. The van der Waals surface area contributed by atoms with Gasteiger partial charge in [0.15, 0.2) is 0 Å². The molecule has 1 aliphatic rings. The molecule has 0 aliphatic carbocycles. The summed E-state index contributed by atoms with van der Waals surface area (Å²) in [4.78, 5) is 2.57. The fourth-order valence-corrected chi connectivity index (χ4v) is 2.62. The van der Waals surface area contributed by atoms with Gasteiger partial charge in [0, 0.05) is 19.1 Å². The first-order valence-corrected chi connectivity index (χ1v) is 6.27. The van der Waals surface area contributed by atoms with Crippen molar-refractivity contribution in [2.24, 2.45) is 11.7 Å². The topological polar surface area (TPSA) is 29.3 Å². The van der Waals surface area contributed by atoms with E-state index in [9.17, 15) is 0 Å². The first-order chi connectivity index (χ1) is 7.79. The molecule has 96 valence electrons. The van der Waals surface area contributed by atoms with Crippen molar-refractivity contribution in [1.29, 1.82) is 0 Å². The lowest BCUT2D eigenvalue weighted by atomic mass is 10.1. The molecule has 2 rings (SSSR count). The van der Waals surface area contributed by atoms with E-state index in [1.165, 1.54) is 25.1 Å². The zero-order valence-corrected chi connectivity index (χ0v) is 11.3. The number of likely N-dealkylation sites (tertiary alicyclic amines) is 1. The molecular weight excluding hydrogens is 232 g/mol. The Hall–Kier alpha value is -0.570. The monoisotopic (exact) mass is 254 g/mol. The maximum absolute atomic E-state index is 5.74. The molecular formula is C14H23ClN2. The summed E-state index contributed by atoms with van der Waals surface area (Å²) in [5, 5.41) is 0. The summed E-state index contributed by atoms with van der Waals surface area (Å²) < 4.78 is 0. The third-order valence-corrected chi connectivity index (χ3v) is 3.65. The molecule has 2 N–H and O–H groups in total. The van der Waals surface area contributed by atoms with Gasteiger partial charge < -0.3 is 5.73 Å². The summed E-state index contributed by atoms with van der Waals surface area (Å²) in [6, 6.07) is 11.4. The molecule has 1 saturated heterocycles. The second-order valence-corrected chi connectivity index (χ2v) is 4.92. The maximum atomic E-state index is 5.74.